The minimum absolute atomic E-state index is 0.0412. The SMILES string of the molecule is CCc1nc(C(=O)NC(CC(C)C)C(=O)NC)nn1-c1c(Cl)cccc1Cl. The number of likely N-dealkylation sites (N-methyl/N-ethyl adjacent to an activating group) is 1. The van der Waals surface area contributed by atoms with Crippen molar-refractivity contribution in [2.24, 2.45) is 5.92 Å². The third-order valence-corrected chi connectivity index (χ3v) is 4.53. The predicted octanol–water partition coefficient (Wildman–Crippen LogP) is 3.03. The lowest BCUT2D eigenvalue weighted by Gasteiger charge is -2.18. The van der Waals surface area contributed by atoms with Crippen LogP contribution in [0.5, 0.6) is 0 Å². The molecule has 1 aromatic heterocycles. The Hall–Kier alpha value is -2.12. The summed E-state index contributed by atoms with van der Waals surface area (Å²) in [6.07, 6.45) is 1.02. The topological polar surface area (TPSA) is 88.9 Å². The maximum atomic E-state index is 12.6. The monoisotopic (exact) mass is 411 g/mol. The van der Waals surface area contributed by atoms with Crippen molar-refractivity contribution in [2.45, 2.75) is 39.7 Å². The molecule has 1 heterocycles. The maximum absolute atomic E-state index is 12.6. The number of rotatable bonds is 7. The summed E-state index contributed by atoms with van der Waals surface area (Å²) in [6, 6.07) is 4.44. The zero-order valence-corrected chi connectivity index (χ0v) is 17.2. The van der Waals surface area contributed by atoms with Gasteiger partial charge in [-0.2, -0.15) is 0 Å². The van der Waals surface area contributed by atoms with Crippen molar-refractivity contribution in [3.63, 3.8) is 0 Å². The number of hydrogen-bond acceptors (Lipinski definition) is 4. The summed E-state index contributed by atoms with van der Waals surface area (Å²) in [4.78, 5) is 29.0. The molecule has 2 amide bonds. The molecule has 0 saturated carbocycles. The molecule has 0 saturated heterocycles. The van der Waals surface area contributed by atoms with Gasteiger partial charge in [0.05, 0.1) is 10.0 Å². The van der Waals surface area contributed by atoms with Crippen molar-refractivity contribution in [3.8, 4) is 5.69 Å². The molecule has 146 valence electrons. The molecule has 0 aliphatic carbocycles. The number of aromatic nitrogens is 3. The Kier molecular flexibility index (Phi) is 7.21. The van der Waals surface area contributed by atoms with Crippen molar-refractivity contribution < 1.29 is 9.59 Å². The molecule has 1 atom stereocenters. The van der Waals surface area contributed by atoms with Gasteiger partial charge in [0.1, 0.15) is 17.6 Å². The van der Waals surface area contributed by atoms with Gasteiger partial charge >= 0.3 is 0 Å². The Balaban J connectivity index is 2.35. The van der Waals surface area contributed by atoms with Crippen LogP contribution < -0.4 is 10.6 Å². The third kappa shape index (κ3) is 4.99. The number of carbonyl (C=O) groups is 2. The molecule has 0 aliphatic rings. The van der Waals surface area contributed by atoms with E-state index in [0.717, 1.165) is 0 Å². The van der Waals surface area contributed by atoms with Gasteiger partial charge in [-0.15, -0.1) is 5.10 Å². The van der Waals surface area contributed by atoms with Crippen molar-refractivity contribution >= 4 is 35.0 Å². The molecule has 2 rings (SSSR count). The number of nitrogens with zero attached hydrogens (tertiary/aromatic N) is 3. The molecule has 0 radical (unpaired) electrons. The lowest BCUT2D eigenvalue weighted by molar-refractivity contribution is -0.122. The molecule has 9 heteroatoms. The van der Waals surface area contributed by atoms with Crippen LogP contribution in [0.25, 0.3) is 5.69 Å². The summed E-state index contributed by atoms with van der Waals surface area (Å²) >= 11 is 12.5. The zero-order chi connectivity index (χ0) is 20.1. The standard InChI is InChI=1S/C18H23Cl2N5O2/c1-5-14-23-16(18(27)22-13(9-10(2)3)17(26)21-4)24-25(14)15-11(19)7-6-8-12(15)20/h6-8,10,13H,5,9H2,1-4H3,(H,21,26)(H,22,27). The Morgan fingerprint density at radius 3 is 2.37 bits per heavy atom. The Morgan fingerprint density at radius 2 is 1.85 bits per heavy atom. The number of para-hydroxylation sites is 1. The first kappa shape index (κ1) is 21.2. The van der Waals surface area contributed by atoms with Crippen LogP contribution >= 0.6 is 23.2 Å². The Labute approximate surface area is 168 Å². The number of amides is 2. The quantitative estimate of drug-likeness (QED) is 0.732. The van der Waals surface area contributed by atoms with Gasteiger partial charge in [0, 0.05) is 13.5 Å². The first-order valence-electron chi connectivity index (χ1n) is 8.71. The smallest absolute Gasteiger partial charge is 0.291 e. The van der Waals surface area contributed by atoms with E-state index in [9.17, 15) is 9.59 Å². The molecule has 1 unspecified atom stereocenters. The van der Waals surface area contributed by atoms with E-state index in [2.05, 4.69) is 20.7 Å². The molecule has 1 aromatic carbocycles. The number of carbonyl (C=O) groups excluding carboxylic acids is 2. The van der Waals surface area contributed by atoms with Crippen molar-refractivity contribution in [1.82, 2.24) is 25.4 Å². The van der Waals surface area contributed by atoms with Crippen LogP contribution in [0.3, 0.4) is 0 Å². The second-order valence-electron chi connectivity index (χ2n) is 6.46. The highest BCUT2D eigenvalue weighted by Crippen LogP contribution is 2.28. The number of nitrogens with one attached hydrogen (secondary N) is 2. The van der Waals surface area contributed by atoms with E-state index in [0.29, 0.717) is 34.4 Å². The van der Waals surface area contributed by atoms with Crippen LogP contribution in [0.1, 0.15) is 43.6 Å². The van der Waals surface area contributed by atoms with Gasteiger partial charge in [0.2, 0.25) is 11.7 Å². The molecule has 27 heavy (non-hydrogen) atoms. The van der Waals surface area contributed by atoms with Crippen molar-refractivity contribution in [2.75, 3.05) is 7.05 Å². The summed E-state index contributed by atoms with van der Waals surface area (Å²) in [6.45, 7) is 5.84. The van der Waals surface area contributed by atoms with E-state index in [1.807, 2.05) is 20.8 Å². The van der Waals surface area contributed by atoms with Crippen LogP contribution in [0, 0.1) is 5.92 Å². The fourth-order valence-electron chi connectivity index (χ4n) is 2.64. The summed E-state index contributed by atoms with van der Waals surface area (Å²) in [5.74, 6) is -0.0653. The lowest BCUT2D eigenvalue weighted by Crippen LogP contribution is -2.46. The summed E-state index contributed by atoms with van der Waals surface area (Å²) in [5.41, 5.74) is 0.467. The third-order valence-electron chi connectivity index (χ3n) is 3.92. The van der Waals surface area contributed by atoms with Crippen LogP contribution in [-0.4, -0.2) is 39.7 Å². The van der Waals surface area contributed by atoms with E-state index in [-0.39, 0.29) is 17.6 Å². The first-order chi connectivity index (χ1) is 12.8. The van der Waals surface area contributed by atoms with Gasteiger partial charge in [-0.05, 0) is 24.5 Å². The van der Waals surface area contributed by atoms with E-state index >= 15 is 0 Å². The van der Waals surface area contributed by atoms with Crippen LogP contribution in [0.2, 0.25) is 10.0 Å². The number of benzene rings is 1. The van der Waals surface area contributed by atoms with E-state index in [4.69, 9.17) is 23.2 Å². The molecule has 0 spiro atoms. The zero-order valence-electron chi connectivity index (χ0n) is 15.7. The van der Waals surface area contributed by atoms with Gasteiger partial charge in [-0.1, -0.05) is 50.0 Å². The van der Waals surface area contributed by atoms with Gasteiger partial charge in [0.15, 0.2) is 0 Å². The molecule has 0 aliphatic heterocycles. The highest BCUT2D eigenvalue weighted by molar-refractivity contribution is 6.37. The van der Waals surface area contributed by atoms with E-state index < -0.39 is 11.9 Å². The van der Waals surface area contributed by atoms with Crippen LogP contribution in [0.4, 0.5) is 0 Å². The molecule has 0 bridgehead atoms. The molecule has 2 aromatic rings. The summed E-state index contributed by atoms with van der Waals surface area (Å²) in [5, 5.41) is 10.3. The average molecular weight is 412 g/mol. The van der Waals surface area contributed by atoms with Crippen LogP contribution in [-0.2, 0) is 11.2 Å². The van der Waals surface area contributed by atoms with Gasteiger partial charge in [-0.3, -0.25) is 9.59 Å². The fraction of sp³-hybridized carbons (Fsp3) is 0.444. The molecule has 7 nitrogen and oxygen atoms in total. The average Bonchev–Trinajstić information content (AvgIpc) is 3.04. The minimum atomic E-state index is -0.663. The van der Waals surface area contributed by atoms with E-state index in [1.165, 1.54) is 11.7 Å². The summed E-state index contributed by atoms with van der Waals surface area (Å²) < 4.78 is 1.47. The van der Waals surface area contributed by atoms with Crippen molar-refractivity contribution in [1.29, 1.82) is 0 Å². The lowest BCUT2D eigenvalue weighted by atomic mass is 10.0. The second kappa shape index (κ2) is 9.19. The predicted molar refractivity (Wildman–Crippen MR) is 106 cm³/mol. The molecular formula is C18H23Cl2N5O2. The largest absolute Gasteiger partial charge is 0.357 e. The molecule has 2 N–H and O–H groups in total. The first-order valence-corrected chi connectivity index (χ1v) is 9.46. The number of halogens is 2. The molecular weight excluding hydrogens is 389 g/mol. The van der Waals surface area contributed by atoms with Gasteiger partial charge in [0.25, 0.3) is 5.91 Å². The highest BCUT2D eigenvalue weighted by Gasteiger charge is 2.25. The highest BCUT2D eigenvalue weighted by atomic mass is 35.5. The summed E-state index contributed by atoms with van der Waals surface area (Å²) in [7, 11) is 1.53. The van der Waals surface area contributed by atoms with Crippen molar-refractivity contribution in [3.05, 3.63) is 39.9 Å². The Morgan fingerprint density at radius 1 is 1.22 bits per heavy atom. The van der Waals surface area contributed by atoms with Gasteiger partial charge < -0.3 is 10.6 Å². The number of hydrogen-bond donors (Lipinski definition) is 2. The van der Waals surface area contributed by atoms with Crippen LogP contribution in [0.15, 0.2) is 18.2 Å². The Bertz CT molecular complexity index is 815. The van der Waals surface area contributed by atoms with Gasteiger partial charge in [-0.25, -0.2) is 9.67 Å². The number of aryl methyl sites for hydroxylation is 1. The minimum Gasteiger partial charge on any atom is -0.357 e. The van der Waals surface area contributed by atoms with E-state index in [1.54, 1.807) is 18.2 Å². The second-order valence-corrected chi connectivity index (χ2v) is 7.27. The normalized spacial score (nSPS) is 12.1. The maximum Gasteiger partial charge on any atom is 0.291 e. The fourth-order valence-corrected chi connectivity index (χ4v) is 3.20. The molecule has 0 fully saturated rings.